The van der Waals surface area contributed by atoms with Crippen molar-refractivity contribution in [1.29, 1.82) is 0 Å². The van der Waals surface area contributed by atoms with Crippen LogP contribution in [-0.4, -0.2) is 34.9 Å². The molecule has 0 unspecified atom stereocenters. The van der Waals surface area contributed by atoms with Crippen molar-refractivity contribution in [3.63, 3.8) is 0 Å². The summed E-state index contributed by atoms with van der Waals surface area (Å²) in [7, 11) is 1.56. The summed E-state index contributed by atoms with van der Waals surface area (Å²) in [4.78, 5) is 44.5. The van der Waals surface area contributed by atoms with Gasteiger partial charge in [-0.05, 0) is 55.7 Å². The molecule has 1 aliphatic heterocycles. The lowest BCUT2D eigenvalue weighted by Crippen LogP contribution is -2.31. The smallest absolute Gasteiger partial charge is 0.247 e. The number of amides is 2. The van der Waals surface area contributed by atoms with Crippen LogP contribution in [0.4, 0.5) is 5.69 Å². The highest BCUT2D eigenvalue weighted by molar-refractivity contribution is 8.00. The fourth-order valence-electron chi connectivity index (χ4n) is 3.58. The zero-order valence-corrected chi connectivity index (χ0v) is 19.7. The minimum Gasteiger partial charge on any atom is -0.497 e. The monoisotopic (exact) mass is 454 g/mol. The first-order chi connectivity index (χ1) is 15.5. The molecule has 1 aromatic heterocycles. The molecular weight excluding hydrogens is 424 g/mol. The second kappa shape index (κ2) is 11.3. The van der Waals surface area contributed by atoms with E-state index in [2.05, 4.69) is 6.92 Å². The van der Waals surface area contributed by atoms with Crippen molar-refractivity contribution in [3.8, 4) is 5.75 Å². The Morgan fingerprint density at radius 2 is 1.81 bits per heavy atom. The van der Waals surface area contributed by atoms with Crippen molar-refractivity contribution in [3.05, 3.63) is 47.7 Å². The zero-order chi connectivity index (χ0) is 23.1. The highest BCUT2D eigenvalue weighted by Gasteiger charge is 2.41. The van der Waals surface area contributed by atoms with E-state index in [0.29, 0.717) is 28.4 Å². The van der Waals surface area contributed by atoms with Crippen molar-refractivity contribution < 1.29 is 19.1 Å². The molecule has 1 aromatic carbocycles. The van der Waals surface area contributed by atoms with Gasteiger partial charge < -0.3 is 4.74 Å². The number of ether oxygens (including phenoxy) is 1. The molecule has 1 aliphatic rings. The number of benzene rings is 1. The SMILES string of the molecule is CCCCC(=O)c1ccc(CCCC)nc1S[C@@H]1CC(=O)N(c2ccc(OC)cc2)C1=O. The van der Waals surface area contributed by atoms with Gasteiger partial charge in [0.2, 0.25) is 11.8 Å². The summed E-state index contributed by atoms with van der Waals surface area (Å²) in [6, 6.07) is 10.6. The molecule has 2 aromatic rings. The van der Waals surface area contributed by atoms with E-state index < -0.39 is 5.25 Å². The Morgan fingerprint density at radius 1 is 1.09 bits per heavy atom. The number of pyridine rings is 1. The van der Waals surface area contributed by atoms with Crippen molar-refractivity contribution >= 4 is 35.0 Å². The molecule has 32 heavy (non-hydrogen) atoms. The lowest BCUT2D eigenvalue weighted by Gasteiger charge is -2.16. The summed E-state index contributed by atoms with van der Waals surface area (Å²) in [5.74, 6) is 0.159. The number of aryl methyl sites for hydroxylation is 1. The van der Waals surface area contributed by atoms with Crippen molar-refractivity contribution in [1.82, 2.24) is 4.98 Å². The van der Waals surface area contributed by atoms with Crippen LogP contribution >= 0.6 is 11.8 Å². The van der Waals surface area contributed by atoms with Crippen LogP contribution in [-0.2, 0) is 16.0 Å². The molecule has 0 aliphatic carbocycles. The van der Waals surface area contributed by atoms with E-state index in [9.17, 15) is 14.4 Å². The normalized spacial score (nSPS) is 16.0. The molecule has 7 heteroatoms. The fraction of sp³-hybridized carbons (Fsp3) is 0.440. The molecule has 2 amide bonds. The standard InChI is InChI=1S/C25H30N2O4S/c1-4-6-8-17-10-15-20(21(28)9-7-5-2)24(26-17)32-22-16-23(29)27(25(22)30)18-11-13-19(31-3)14-12-18/h10-15,22H,4-9,16H2,1-3H3/t22-/m1/s1. The van der Waals surface area contributed by atoms with Crippen LogP contribution in [0, 0.1) is 0 Å². The first kappa shape index (κ1) is 24.0. The van der Waals surface area contributed by atoms with Gasteiger partial charge in [0.15, 0.2) is 5.78 Å². The van der Waals surface area contributed by atoms with Crippen LogP contribution in [0.3, 0.4) is 0 Å². The van der Waals surface area contributed by atoms with E-state index in [-0.39, 0.29) is 24.0 Å². The Labute approximate surface area is 193 Å². The van der Waals surface area contributed by atoms with E-state index >= 15 is 0 Å². The Balaban J connectivity index is 1.84. The van der Waals surface area contributed by atoms with Gasteiger partial charge in [-0.2, -0.15) is 0 Å². The van der Waals surface area contributed by atoms with Crippen LogP contribution in [0.1, 0.15) is 68.4 Å². The average molecular weight is 455 g/mol. The summed E-state index contributed by atoms with van der Waals surface area (Å²) in [5.41, 5.74) is 1.98. The van der Waals surface area contributed by atoms with Gasteiger partial charge in [0.25, 0.3) is 0 Å². The second-order valence-corrected chi connectivity index (χ2v) is 9.05. The maximum Gasteiger partial charge on any atom is 0.247 e. The molecule has 0 bridgehead atoms. The van der Waals surface area contributed by atoms with E-state index in [0.717, 1.165) is 37.8 Å². The van der Waals surface area contributed by atoms with Crippen molar-refractivity contribution in [2.24, 2.45) is 0 Å². The van der Waals surface area contributed by atoms with Gasteiger partial charge >= 0.3 is 0 Å². The van der Waals surface area contributed by atoms with E-state index in [1.54, 1.807) is 31.4 Å². The van der Waals surface area contributed by atoms with Crippen LogP contribution in [0.5, 0.6) is 5.75 Å². The van der Waals surface area contributed by atoms with E-state index in [4.69, 9.17) is 9.72 Å². The zero-order valence-electron chi connectivity index (χ0n) is 18.9. The Hall–Kier alpha value is -2.67. The van der Waals surface area contributed by atoms with E-state index in [1.807, 2.05) is 19.1 Å². The van der Waals surface area contributed by atoms with Crippen LogP contribution < -0.4 is 9.64 Å². The third kappa shape index (κ3) is 5.57. The number of methoxy groups -OCH3 is 1. The number of imide groups is 1. The maximum atomic E-state index is 13.1. The molecule has 0 spiro atoms. The number of thioether (sulfide) groups is 1. The van der Waals surface area contributed by atoms with Crippen LogP contribution in [0.15, 0.2) is 41.4 Å². The Bertz CT molecular complexity index is 974. The molecule has 170 valence electrons. The number of hydrogen-bond donors (Lipinski definition) is 0. The summed E-state index contributed by atoms with van der Waals surface area (Å²) >= 11 is 1.24. The summed E-state index contributed by atoms with van der Waals surface area (Å²) < 4.78 is 5.16. The lowest BCUT2D eigenvalue weighted by molar-refractivity contribution is -0.121. The Morgan fingerprint density at radius 3 is 2.47 bits per heavy atom. The minimum atomic E-state index is -0.601. The molecule has 2 heterocycles. The number of Topliss-reactive ketones (excluding diaryl/α,β-unsaturated/α-hetero) is 1. The predicted octanol–water partition coefficient (Wildman–Crippen LogP) is 5.23. The molecule has 3 rings (SSSR count). The third-order valence-corrected chi connectivity index (χ3v) is 6.64. The van der Waals surface area contributed by atoms with Gasteiger partial charge in [-0.15, -0.1) is 0 Å². The van der Waals surface area contributed by atoms with Gasteiger partial charge in [-0.3, -0.25) is 14.4 Å². The lowest BCUT2D eigenvalue weighted by atomic mass is 10.1. The number of ketones is 1. The van der Waals surface area contributed by atoms with Gasteiger partial charge in [0.1, 0.15) is 10.8 Å². The predicted molar refractivity (Wildman–Crippen MR) is 126 cm³/mol. The van der Waals surface area contributed by atoms with E-state index in [1.165, 1.54) is 16.7 Å². The number of rotatable bonds is 11. The highest BCUT2D eigenvalue weighted by Crippen LogP contribution is 2.35. The fourth-order valence-corrected chi connectivity index (χ4v) is 4.76. The van der Waals surface area contributed by atoms with Gasteiger partial charge in [0.05, 0.1) is 18.0 Å². The molecule has 0 N–H and O–H groups in total. The van der Waals surface area contributed by atoms with Gasteiger partial charge in [0, 0.05) is 24.1 Å². The number of unbranched alkanes of at least 4 members (excludes halogenated alkanes) is 2. The molecular formula is C25H30N2O4S. The average Bonchev–Trinajstić information content (AvgIpc) is 3.08. The largest absolute Gasteiger partial charge is 0.497 e. The van der Waals surface area contributed by atoms with Crippen molar-refractivity contribution in [2.75, 3.05) is 12.0 Å². The minimum absolute atomic E-state index is 0.0349. The summed E-state index contributed by atoms with van der Waals surface area (Å²) in [6.45, 7) is 4.17. The van der Waals surface area contributed by atoms with Crippen LogP contribution in [0.25, 0.3) is 0 Å². The van der Waals surface area contributed by atoms with Crippen LogP contribution in [0.2, 0.25) is 0 Å². The molecule has 0 radical (unpaired) electrons. The number of carbonyl (C=O) groups excluding carboxylic acids is 3. The third-order valence-electron chi connectivity index (χ3n) is 5.45. The first-order valence-corrected chi connectivity index (χ1v) is 12.1. The molecule has 1 fully saturated rings. The number of anilines is 1. The van der Waals surface area contributed by atoms with Gasteiger partial charge in [-0.1, -0.05) is 38.5 Å². The topological polar surface area (TPSA) is 76.6 Å². The first-order valence-electron chi connectivity index (χ1n) is 11.2. The number of hydrogen-bond acceptors (Lipinski definition) is 6. The number of aromatic nitrogens is 1. The maximum absolute atomic E-state index is 13.1. The number of carbonyl (C=O) groups is 3. The van der Waals surface area contributed by atoms with Crippen molar-refractivity contribution in [2.45, 2.75) is 69.1 Å². The molecule has 6 nitrogen and oxygen atoms in total. The molecule has 0 saturated carbocycles. The molecule has 1 atom stereocenters. The summed E-state index contributed by atoms with van der Waals surface area (Å²) in [6.07, 6.45) is 5.16. The molecule has 1 saturated heterocycles. The van der Waals surface area contributed by atoms with Gasteiger partial charge in [-0.25, -0.2) is 9.88 Å². The number of nitrogens with zero attached hydrogens (tertiary/aromatic N) is 2. The Kier molecular flexibility index (Phi) is 8.45. The second-order valence-electron chi connectivity index (χ2n) is 7.86. The highest BCUT2D eigenvalue weighted by atomic mass is 32.2. The summed E-state index contributed by atoms with van der Waals surface area (Å²) in [5, 5.41) is -0.0429. The quantitative estimate of drug-likeness (QED) is 0.342.